The highest BCUT2D eigenvalue weighted by Crippen LogP contribution is 2.37. The lowest BCUT2D eigenvalue weighted by atomic mass is 10.2. The molecule has 122 valence electrons. The number of thioether (sulfide) groups is 1. The summed E-state index contributed by atoms with van der Waals surface area (Å²) in [7, 11) is 0. The third-order valence-electron chi connectivity index (χ3n) is 3.66. The molecule has 2 heterocycles. The molecule has 1 aromatic heterocycles. The van der Waals surface area contributed by atoms with Crippen molar-refractivity contribution in [3.05, 3.63) is 5.01 Å². The van der Waals surface area contributed by atoms with E-state index in [4.69, 9.17) is 0 Å². The van der Waals surface area contributed by atoms with Crippen LogP contribution in [0.3, 0.4) is 0 Å². The maximum absolute atomic E-state index is 12.4. The van der Waals surface area contributed by atoms with Gasteiger partial charge in [0.15, 0.2) is 0 Å². The normalized spacial score (nSPS) is 20.1. The summed E-state index contributed by atoms with van der Waals surface area (Å²) in [5.41, 5.74) is 0. The molecular weight excluding hydrogens is 320 g/mol. The minimum Gasteiger partial charge on any atom is -0.318 e. The lowest BCUT2D eigenvalue weighted by Gasteiger charge is -2.29. The molecule has 6 nitrogen and oxygen atoms in total. The molecule has 22 heavy (non-hydrogen) atoms. The molecule has 2 rings (SSSR count). The van der Waals surface area contributed by atoms with Gasteiger partial charge in [-0.25, -0.2) is 0 Å². The average molecular weight is 342 g/mol. The second-order valence-corrected chi connectivity index (χ2v) is 8.42. The average Bonchev–Trinajstić information content (AvgIpc) is 3.02. The van der Waals surface area contributed by atoms with E-state index in [1.165, 1.54) is 24.2 Å². The molecule has 0 spiro atoms. The van der Waals surface area contributed by atoms with Crippen molar-refractivity contribution in [3.63, 3.8) is 0 Å². The number of anilines is 1. The fraction of sp³-hybridized carbons (Fsp3) is 0.714. The zero-order valence-corrected chi connectivity index (χ0v) is 14.8. The van der Waals surface area contributed by atoms with Gasteiger partial charge in [0, 0.05) is 12.2 Å². The first-order chi connectivity index (χ1) is 10.5. The molecule has 1 unspecified atom stereocenters. The highest BCUT2D eigenvalue weighted by atomic mass is 32.2. The van der Waals surface area contributed by atoms with Crippen LogP contribution in [0.5, 0.6) is 0 Å². The Morgan fingerprint density at radius 3 is 2.91 bits per heavy atom. The van der Waals surface area contributed by atoms with Crippen LogP contribution in [0.1, 0.15) is 45.0 Å². The molecule has 1 saturated heterocycles. The van der Waals surface area contributed by atoms with E-state index < -0.39 is 6.04 Å². The third-order valence-corrected chi connectivity index (χ3v) is 5.96. The van der Waals surface area contributed by atoms with Crippen LogP contribution in [-0.2, 0) is 16.0 Å². The highest BCUT2D eigenvalue weighted by molar-refractivity contribution is 8.00. The van der Waals surface area contributed by atoms with Gasteiger partial charge >= 0.3 is 0 Å². The van der Waals surface area contributed by atoms with Crippen molar-refractivity contribution in [2.24, 2.45) is 0 Å². The summed E-state index contributed by atoms with van der Waals surface area (Å²) in [6.07, 6.45) is 5.07. The molecular formula is C14H22N4O2S2. The second-order valence-electron chi connectivity index (χ2n) is 5.73. The SMILES string of the molecule is CCCCCc1nnc(NC(=O)C2CSC(C)(C)N2C=O)s1. The van der Waals surface area contributed by atoms with Crippen molar-refractivity contribution >= 4 is 40.5 Å². The van der Waals surface area contributed by atoms with Gasteiger partial charge in [0.05, 0.1) is 4.87 Å². The van der Waals surface area contributed by atoms with Crippen LogP contribution in [0.25, 0.3) is 0 Å². The Balaban J connectivity index is 1.93. The Hall–Kier alpha value is -1.15. The molecule has 1 aromatic rings. The standard InChI is InChI=1S/C14H22N4O2S2/c1-4-5-6-7-11-16-17-13(22-11)15-12(20)10-8-21-14(2,3)18(10)9-19/h9-10H,4-8H2,1-3H3,(H,15,17,20). The molecule has 0 bridgehead atoms. The van der Waals surface area contributed by atoms with E-state index in [1.807, 2.05) is 13.8 Å². The number of aryl methyl sites for hydroxylation is 1. The first-order valence-corrected chi connectivity index (χ1v) is 9.29. The van der Waals surface area contributed by atoms with Crippen LogP contribution >= 0.6 is 23.1 Å². The third kappa shape index (κ3) is 3.98. The second kappa shape index (κ2) is 7.41. The number of amides is 2. The monoisotopic (exact) mass is 342 g/mol. The zero-order valence-electron chi connectivity index (χ0n) is 13.2. The number of hydrogen-bond acceptors (Lipinski definition) is 6. The van der Waals surface area contributed by atoms with Gasteiger partial charge in [0.25, 0.3) is 0 Å². The zero-order chi connectivity index (χ0) is 16.2. The van der Waals surface area contributed by atoms with Crippen LogP contribution in [0.4, 0.5) is 5.13 Å². The van der Waals surface area contributed by atoms with Crippen LogP contribution in [0, 0.1) is 0 Å². The first kappa shape index (κ1) is 17.2. The maximum Gasteiger partial charge on any atom is 0.249 e. The fourth-order valence-corrected chi connectivity index (χ4v) is 4.32. The molecule has 1 aliphatic rings. The van der Waals surface area contributed by atoms with Gasteiger partial charge < -0.3 is 4.90 Å². The fourth-order valence-electron chi connectivity index (χ4n) is 2.34. The molecule has 0 radical (unpaired) electrons. The lowest BCUT2D eigenvalue weighted by molar-refractivity contribution is -0.130. The van der Waals surface area contributed by atoms with Crippen molar-refractivity contribution in [2.45, 2.75) is 57.4 Å². The Labute approximate surface area is 139 Å². The van der Waals surface area contributed by atoms with E-state index in [2.05, 4.69) is 22.4 Å². The summed E-state index contributed by atoms with van der Waals surface area (Å²) in [6, 6.07) is -0.454. The summed E-state index contributed by atoms with van der Waals surface area (Å²) < 4.78 is 0. The quantitative estimate of drug-likeness (QED) is 0.609. The van der Waals surface area contributed by atoms with E-state index in [0.717, 1.165) is 24.3 Å². The molecule has 1 aliphatic heterocycles. The molecule has 1 atom stereocenters. The predicted molar refractivity (Wildman–Crippen MR) is 90.0 cm³/mol. The van der Waals surface area contributed by atoms with Gasteiger partial charge in [-0.3, -0.25) is 14.9 Å². The van der Waals surface area contributed by atoms with Gasteiger partial charge in [0.1, 0.15) is 11.0 Å². The Kier molecular flexibility index (Phi) is 5.80. The smallest absolute Gasteiger partial charge is 0.249 e. The number of aromatic nitrogens is 2. The van der Waals surface area contributed by atoms with Crippen molar-refractivity contribution in [2.75, 3.05) is 11.1 Å². The van der Waals surface area contributed by atoms with E-state index >= 15 is 0 Å². The van der Waals surface area contributed by atoms with Crippen molar-refractivity contribution in [3.8, 4) is 0 Å². The van der Waals surface area contributed by atoms with Crippen LogP contribution in [-0.4, -0.2) is 44.1 Å². The van der Waals surface area contributed by atoms with Crippen LogP contribution in [0.2, 0.25) is 0 Å². The minimum atomic E-state index is -0.454. The molecule has 0 aromatic carbocycles. The topological polar surface area (TPSA) is 75.2 Å². The molecule has 1 N–H and O–H groups in total. The highest BCUT2D eigenvalue weighted by Gasteiger charge is 2.43. The summed E-state index contributed by atoms with van der Waals surface area (Å²) >= 11 is 3.01. The summed E-state index contributed by atoms with van der Waals surface area (Å²) in [5, 5.41) is 12.4. The predicted octanol–water partition coefficient (Wildman–Crippen LogP) is 2.52. The molecule has 2 amide bonds. The molecule has 8 heteroatoms. The van der Waals surface area contributed by atoms with Crippen LogP contribution in [0.15, 0.2) is 0 Å². The van der Waals surface area contributed by atoms with Crippen molar-refractivity contribution < 1.29 is 9.59 Å². The Bertz CT molecular complexity index is 533. The number of rotatable bonds is 7. The van der Waals surface area contributed by atoms with E-state index in [1.54, 1.807) is 16.7 Å². The molecule has 0 saturated carbocycles. The van der Waals surface area contributed by atoms with Gasteiger partial charge in [-0.05, 0) is 20.3 Å². The van der Waals surface area contributed by atoms with E-state index in [0.29, 0.717) is 10.9 Å². The number of unbranched alkanes of at least 4 members (excludes halogenated alkanes) is 2. The minimum absolute atomic E-state index is 0.193. The van der Waals surface area contributed by atoms with Crippen molar-refractivity contribution in [1.82, 2.24) is 15.1 Å². The van der Waals surface area contributed by atoms with Gasteiger partial charge in [-0.2, -0.15) is 0 Å². The number of hydrogen-bond donors (Lipinski definition) is 1. The summed E-state index contributed by atoms with van der Waals surface area (Å²) in [6.45, 7) is 6.04. The summed E-state index contributed by atoms with van der Waals surface area (Å²) in [4.78, 5) is 24.8. The lowest BCUT2D eigenvalue weighted by Crippen LogP contribution is -2.47. The van der Waals surface area contributed by atoms with E-state index in [9.17, 15) is 9.59 Å². The number of carbonyl (C=O) groups is 2. The maximum atomic E-state index is 12.4. The molecule has 0 aliphatic carbocycles. The summed E-state index contributed by atoms with van der Waals surface area (Å²) in [5.74, 6) is 0.404. The van der Waals surface area contributed by atoms with Gasteiger partial charge in [-0.15, -0.1) is 22.0 Å². The number of nitrogens with zero attached hydrogens (tertiary/aromatic N) is 3. The van der Waals surface area contributed by atoms with Crippen molar-refractivity contribution in [1.29, 1.82) is 0 Å². The van der Waals surface area contributed by atoms with Crippen LogP contribution < -0.4 is 5.32 Å². The largest absolute Gasteiger partial charge is 0.318 e. The van der Waals surface area contributed by atoms with E-state index in [-0.39, 0.29) is 10.8 Å². The Morgan fingerprint density at radius 2 is 2.23 bits per heavy atom. The number of carbonyl (C=O) groups excluding carboxylic acids is 2. The first-order valence-electron chi connectivity index (χ1n) is 7.49. The number of nitrogens with one attached hydrogen (secondary N) is 1. The van der Waals surface area contributed by atoms with Gasteiger partial charge in [-0.1, -0.05) is 31.1 Å². The molecule has 1 fully saturated rings. The van der Waals surface area contributed by atoms with Gasteiger partial charge in [0.2, 0.25) is 17.4 Å². The Morgan fingerprint density at radius 1 is 1.45 bits per heavy atom.